The molecule has 0 heterocycles. The summed E-state index contributed by atoms with van der Waals surface area (Å²) in [5.41, 5.74) is 12.1. The molecule has 0 atom stereocenters. The van der Waals surface area contributed by atoms with Gasteiger partial charge in [0.25, 0.3) is 0 Å². The third kappa shape index (κ3) is 2.90. The van der Waals surface area contributed by atoms with Crippen LogP contribution in [0.5, 0.6) is 5.75 Å². The van der Waals surface area contributed by atoms with E-state index in [0.717, 1.165) is 0 Å². The van der Waals surface area contributed by atoms with Crippen LogP contribution in [0.3, 0.4) is 0 Å². The Labute approximate surface area is 72.3 Å². The second-order valence-corrected chi connectivity index (χ2v) is 3.10. The van der Waals surface area contributed by atoms with Crippen molar-refractivity contribution in [3.05, 3.63) is 29.8 Å². The first-order valence-electron chi connectivity index (χ1n) is 3.81. The minimum Gasteiger partial charge on any atom is -0.460 e. The SMILES string of the molecule is Cc1ccc(OC(C)(N)N)cc1. The third-order valence-corrected chi connectivity index (χ3v) is 1.36. The van der Waals surface area contributed by atoms with E-state index < -0.39 is 5.85 Å². The molecule has 12 heavy (non-hydrogen) atoms. The van der Waals surface area contributed by atoms with Crippen LogP contribution in [-0.4, -0.2) is 5.85 Å². The molecule has 0 spiro atoms. The third-order valence-electron chi connectivity index (χ3n) is 1.36. The lowest BCUT2D eigenvalue weighted by Crippen LogP contribution is -2.51. The van der Waals surface area contributed by atoms with Crippen LogP contribution in [0, 0.1) is 6.92 Å². The van der Waals surface area contributed by atoms with Crippen LogP contribution in [0.4, 0.5) is 0 Å². The number of benzene rings is 1. The Morgan fingerprint density at radius 2 is 1.67 bits per heavy atom. The van der Waals surface area contributed by atoms with Crippen molar-refractivity contribution in [2.75, 3.05) is 0 Å². The van der Waals surface area contributed by atoms with Gasteiger partial charge in [-0.3, -0.25) is 11.5 Å². The molecule has 0 aromatic heterocycles. The van der Waals surface area contributed by atoms with Crippen LogP contribution in [0.1, 0.15) is 12.5 Å². The fourth-order valence-corrected chi connectivity index (χ4v) is 0.860. The number of hydrogen-bond donors (Lipinski definition) is 2. The molecule has 0 fully saturated rings. The molecule has 0 radical (unpaired) electrons. The summed E-state index contributed by atoms with van der Waals surface area (Å²) >= 11 is 0. The molecule has 0 aliphatic rings. The van der Waals surface area contributed by atoms with Gasteiger partial charge in [0.05, 0.1) is 0 Å². The molecule has 1 aromatic rings. The normalized spacial score (nSPS) is 11.3. The van der Waals surface area contributed by atoms with Crippen LogP contribution < -0.4 is 16.2 Å². The van der Waals surface area contributed by atoms with Crippen molar-refractivity contribution >= 4 is 0 Å². The molecule has 66 valence electrons. The summed E-state index contributed by atoms with van der Waals surface area (Å²) in [5, 5.41) is 0. The first-order valence-corrected chi connectivity index (χ1v) is 3.81. The number of rotatable bonds is 2. The van der Waals surface area contributed by atoms with Crippen LogP contribution in [0.25, 0.3) is 0 Å². The van der Waals surface area contributed by atoms with Crippen LogP contribution in [0.2, 0.25) is 0 Å². The van der Waals surface area contributed by atoms with Gasteiger partial charge in [-0.2, -0.15) is 0 Å². The Bertz CT molecular complexity index is 248. The largest absolute Gasteiger partial charge is 0.460 e. The average molecular weight is 166 g/mol. The molecule has 0 aliphatic heterocycles. The minimum absolute atomic E-state index is 0.688. The van der Waals surface area contributed by atoms with Crippen LogP contribution >= 0.6 is 0 Å². The van der Waals surface area contributed by atoms with Crippen molar-refractivity contribution < 1.29 is 4.74 Å². The van der Waals surface area contributed by atoms with Crippen molar-refractivity contribution in [1.82, 2.24) is 0 Å². The lowest BCUT2D eigenvalue weighted by Gasteiger charge is -2.20. The fourth-order valence-electron chi connectivity index (χ4n) is 0.860. The van der Waals surface area contributed by atoms with Gasteiger partial charge in [-0.1, -0.05) is 17.7 Å². The predicted molar refractivity (Wildman–Crippen MR) is 48.6 cm³/mol. The Kier molecular flexibility index (Phi) is 2.35. The molecule has 1 rings (SSSR count). The van der Waals surface area contributed by atoms with Gasteiger partial charge in [0.2, 0.25) is 5.85 Å². The maximum Gasteiger partial charge on any atom is 0.209 e. The van der Waals surface area contributed by atoms with Gasteiger partial charge < -0.3 is 4.74 Å². The fraction of sp³-hybridized carbons (Fsp3) is 0.333. The van der Waals surface area contributed by atoms with Crippen LogP contribution in [0.15, 0.2) is 24.3 Å². The highest BCUT2D eigenvalue weighted by Gasteiger charge is 2.11. The van der Waals surface area contributed by atoms with Gasteiger partial charge in [-0.05, 0) is 19.1 Å². The monoisotopic (exact) mass is 166 g/mol. The van der Waals surface area contributed by atoms with E-state index in [4.69, 9.17) is 16.2 Å². The van der Waals surface area contributed by atoms with E-state index in [1.807, 2.05) is 31.2 Å². The van der Waals surface area contributed by atoms with Crippen molar-refractivity contribution in [2.45, 2.75) is 19.7 Å². The van der Waals surface area contributed by atoms with Crippen molar-refractivity contribution in [2.24, 2.45) is 11.5 Å². The summed E-state index contributed by atoms with van der Waals surface area (Å²) < 4.78 is 5.21. The minimum atomic E-state index is -1.10. The highest BCUT2D eigenvalue weighted by molar-refractivity contribution is 5.26. The predicted octanol–water partition coefficient (Wildman–Crippen LogP) is 0.965. The molecule has 0 aliphatic carbocycles. The highest BCUT2D eigenvalue weighted by Crippen LogP contribution is 2.13. The number of nitrogens with two attached hydrogens (primary N) is 2. The smallest absolute Gasteiger partial charge is 0.209 e. The molecular weight excluding hydrogens is 152 g/mol. The van der Waals surface area contributed by atoms with Crippen molar-refractivity contribution in [3.8, 4) is 5.75 Å². The molecule has 0 saturated heterocycles. The van der Waals surface area contributed by atoms with E-state index in [2.05, 4.69) is 0 Å². The quantitative estimate of drug-likeness (QED) is 0.643. The zero-order valence-electron chi connectivity index (χ0n) is 7.37. The van der Waals surface area contributed by atoms with E-state index in [-0.39, 0.29) is 0 Å². The molecule has 3 heteroatoms. The van der Waals surface area contributed by atoms with Gasteiger partial charge >= 0.3 is 0 Å². The van der Waals surface area contributed by atoms with Gasteiger partial charge in [0.1, 0.15) is 5.75 Å². The Hall–Kier alpha value is -1.06. The lowest BCUT2D eigenvalue weighted by atomic mass is 10.2. The van der Waals surface area contributed by atoms with E-state index in [1.165, 1.54) is 5.56 Å². The molecule has 0 bridgehead atoms. The molecule has 1 aromatic carbocycles. The van der Waals surface area contributed by atoms with Gasteiger partial charge in [0, 0.05) is 6.92 Å². The summed E-state index contributed by atoms with van der Waals surface area (Å²) in [6.45, 7) is 3.61. The summed E-state index contributed by atoms with van der Waals surface area (Å²) in [6, 6.07) is 7.57. The zero-order chi connectivity index (χ0) is 9.19. The molecule has 0 amide bonds. The number of hydrogen-bond acceptors (Lipinski definition) is 3. The van der Waals surface area contributed by atoms with Gasteiger partial charge in [-0.15, -0.1) is 0 Å². The highest BCUT2D eigenvalue weighted by atomic mass is 16.5. The first kappa shape index (κ1) is 9.03. The van der Waals surface area contributed by atoms with Crippen LogP contribution in [-0.2, 0) is 0 Å². The van der Waals surface area contributed by atoms with Crippen molar-refractivity contribution in [1.29, 1.82) is 0 Å². The Morgan fingerprint density at radius 3 is 2.08 bits per heavy atom. The van der Waals surface area contributed by atoms with Crippen molar-refractivity contribution in [3.63, 3.8) is 0 Å². The molecule has 4 N–H and O–H groups in total. The average Bonchev–Trinajstić information content (AvgIpc) is 1.91. The molecule has 3 nitrogen and oxygen atoms in total. The van der Waals surface area contributed by atoms with E-state index >= 15 is 0 Å². The summed E-state index contributed by atoms with van der Waals surface area (Å²) in [6.07, 6.45) is 0. The lowest BCUT2D eigenvalue weighted by molar-refractivity contribution is 0.104. The van der Waals surface area contributed by atoms with E-state index in [9.17, 15) is 0 Å². The Balaban J connectivity index is 2.71. The first-order chi connectivity index (χ1) is 5.47. The maximum absolute atomic E-state index is 5.46. The zero-order valence-corrected chi connectivity index (χ0v) is 7.37. The number of aryl methyl sites for hydroxylation is 1. The Morgan fingerprint density at radius 1 is 1.17 bits per heavy atom. The topological polar surface area (TPSA) is 61.3 Å². The van der Waals surface area contributed by atoms with E-state index in [0.29, 0.717) is 5.75 Å². The molecular formula is C9H14N2O. The maximum atomic E-state index is 5.46. The van der Waals surface area contributed by atoms with Gasteiger partial charge in [-0.25, -0.2) is 0 Å². The number of ether oxygens (including phenoxy) is 1. The summed E-state index contributed by atoms with van der Waals surface area (Å²) in [4.78, 5) is 0. The molecule has 0 unspecified atom stereocenters. The second kappa shape index (κ2) is 3.13. The summed E-state index contributed by atoms with van der Waals surface area (Å²) in [5.74, 6) is -0.414. The molecule has 0 saturated carbocycles. The van der Waals surface area contributed by atoms with Gasteiger partial charge in [0.15, 0.2) is 0 Å². The second-order valence-electron chi connectivity index (χ2n) is 3.10. The standard InChI is InChI=1S/C9H14N2O/c1-7-3-5-8(6-4-7)12-9(2,10)11/h3-6H,10-11H2,1-2H3. The van der Waals surface area contributed by atoms with E-state index in [1.54, 1.807) is 6.92 Å². The summed E-state index contributed by atoms with van der Waals surface area (Å²) in [7, 11) is 0.